The van der Waals surface area contributed by atoms with Gasteiger partial charge in [-0.15, -0.1) is 0 Å². The Morgan fingerprint density at radius 2 is 2.04 bits per heavy atom. The van der Waals surface area contributed by atoms with Crippen LogP contribution in [0.3, 0.4) is 0 Å². The first kappa shape index (κ1) is 16.6. The van der Waals surface area contributed by atoms with Crippen molar-refractivity contribution >= 4 is 16.8 Å². The summed E-state index contributed by atoms with van der Waals surface area (Å²) in [6, 6.07) is 9.90. The molecule has 0 radical (unpaired) electrons. The van der Waals surface area contributed by atoms with Crippen LogP contribution < -0.4 is 5.32 Å². The summed E-state index contributed by atoms with van der Waals surface area (Å²) in [7, 11) is 0. The molecule has 4 rings (SSSR count). The number of hydrogen-bond acceptors (Lipinski definition) is 3. The fourth-order valence-electron chi connectivity index (χ4n) is 3.40. The van der Waals surface area contributed by atoms with Crippen LogP contribution in [0.2, 0.25) is 0 Å². The Kier molecular flexibility index (Phi) is 4.15. The van der Waals surface area contributed by atoms with Gasteiger partial charge in [0.05, 0.1) is 22.8 Å². The van der Waals surface area contributed by atoms with Gasteiger partial charge in [-0.2, -0.15) is 0 Å². The van der Waals surface area contributed by atoms with E-state index in [1.54, 1.807) is 18.3 Å². The molecule has 26 heavy (non-hydrogen) atoms. The van der Waals surface area contributed by atoms with Gasteiger partial charge in [0.25, 0.3) is 5.91 Å². The van der Waals surface area contributed by atoms with Crippen molar-refractivity contribution in [3.05, 3.63) is 70.9 Å². The van der Waals surface area contributed by atoms with Crippen molar-refractivity contribution in [3.8, 4) is 0 Å². The number of fused-ring (bicyclic) bond motifs is 1. The molecule has 1 N–H and O–H groups in total. The summed E-state index contributed by atoms with van der Waals surface area (Å²) in [6.45, 7) is 3.82. The van der Waals surface area contributed by atoms with Gasteiger partial charge >= 0.3 is 0 Å². The second-order valence-electron chi connectivity index (χ2n) is 6.97. The van der Waals surface area contributed by atoms with Crippen LogP contribution in [0.15, 0.2) is 42.6 Å². The summed E-state index contributed by atoms with van der Waals surface area (Å²) >= 11 is 0. The first-order valence-corrected chi connectivity index (χ1v) is 8.82. The molecule has 2 heterocycles. The van der Waals surface area contributed by atoms with E-state index in [-0.39, 0.29) is 17.8 Å². The zero-order valence-corrected chi connectivity index (χ0v) is 14.8. The Labute approximate surface area is 151 Å². The first-order chi connectivity index (χ1) is 12.5. The molecule has 132 valence electrons. The lowest BCUT2D eigenvalue weighted by molar-refractivity contribution is 0.0932. The summed E-state index contributed by atoms with van der Waals surface area (Å²) in [6.07, 6.45) is 3.93. The van der Waals surface area contributed by atoms with Crippen LogP contribution in [-0.4, -0.2) is 15.9 Å². The standard InChI is InChI=1S/C21H20FN3O/c1-12-4-3-9-23-19(12)20(14-5-6-14)25-21(26)17-10-13(2)24-18-11-15(22)7-8-16(17)18/h3-4,7-11,14,20H,5-6H2,1-2H3,(H,25,26)/t20-/m1/s1. The van der Waals surface area contributed by atoms with Crippen LogP contribution >= 0.6 is 0 Å². The molecular formula is C21H20FN3O. The van der Waals surface area contributed by atoms with Gasteiger partial charge in [0.2, 0.25) is 0 Å². The fraction of sp³-hybridized carbons (Fsp3) is 0.286. The van der Waals surface area contributed by atoms with Gasteiger partial charge in [0, 0.05) is 23.3 Å². The zero-order valence-electron chi connectivity index (χ0n) is 14.8. The number of aryl methyl sites for hydroxylation is 2. The third kappa shape index (κ3) is 3.17. The number of nitrogens with zero attached hydrogens (tertiary/aromatic N) is 2. The SMILES string of the molecule is Cc1cc(C(=O)N[C@@H](c2ncccc2C)C2CC2)c2ccc(F)cc2n1. The summed E-state index contributed by atoms with van der Waals surface area (Å²) < 4.78 is 13.5. The molecule has 0 unspecified atom stereocenters. The van der Waals surface area contributed by atoms with Gasteiger partial charge < -0.3 is 5.32 Å². The molecule has 4 nitrogen and oxygen atoms in total. The Hall–Kier alpha value is -2.82. The molecule has 1 atom stereocenters. The van der Waals surface area contributed by atoms with E-state index in [9.17, 15) is 9.18 Å². The number of rotatable bonds is 4. The van der Waals surface area contributed by atoms with Crippen LogP contribution in [-0.2, 0) is 0 Å². The molecule has 1 fully saturated rings. The molecule has 1 amide bonds. The summed E-state index contributed by atoms with van der Waals surface area (Å²) in [4.78, 5) is 21.9. The summed E-state index contributed by atoms with van der Waals surface area (Å²) in [5.41, 5.74) is 3.69. The minimum absolute atomic E-state index is 0.104. The molecule has 0 aliphatic heterocycles. The molecule has 5 heteroatoms. The number of nitrogens with one attached hydrogen (secondary N) is 1. The maximum absolute atomic E-state index is 13.5. The highest BCUT2D eigenvalue weighted by Gasteiger charge is 2.35. The highest BCUT2D eigenvalue weighted by atomic mass is 19.1. The number of aromatic nitrogens is 2. The number of hydrogen-bond donors (Lipinski definition) is 1. The maximum Gasteiger partial charge on any atom is 0.252 e. The Morgan fingerprint density at radius 1 is 1.23 bits per heavy atom. The Bertz CT molecular complexity index is 992. The van der Waals surface area contributed by atoms with Crippen molar-refractivity contribution in [1.82, 2.24) is 15.3 Å². The van der Waals surface area contributed by atoms with E-state index in [1.165, 1.54) is 12.1 Å². The van der Waals surface area contributed by atoms with E-state index < -0.39 is 0 Å². The van der Waals surface area contributed by atoms with Crippen LogP contribution in [0.25, 0.3) is 10.9 Å². The number of carbonyl (C=O) groups is 1. The van der Waals surface area contributed by atoms with Gasteiger partial charge in [0.15, 0.2) is 0 Å². The van der Waals surface area contributed by atoms with E-state index in [0.29, 0.717) is 28.1 Å². The quantitative estimate of drug-likeness (QED) is 0.765. The fourth-order valence-corrected chi connectivity index (χ4v) is 3.40. The van der Waals surface area contributed by atoms with Crippen LogP contribution in [0, 0.1) is 25.6 Å². The second-order valence-corrected chi connectivity index (χ2v) is 6.97. The van der Waals surface area contributed by atoms with Gasteiger partial charge in [-0.1, -0.05) is 6.07 Å². The molecular weight excluding hydrogens is 329 g/mol. The van der Waals surface area contributed by atoms with Crippen LogP contribution in [0.4, 0.5) is 4.39 Å². The van der Waals surface area contributed by atoms with Gasteiger partial charge in [-0.25, -0.2) is 4.39 Å². The average Bonchev–Trinajstić information content (AvgIpc) is 3.44. The van der Waals surface area contributed by atoms with Crippen molar-refractivity contribution in [3.63, 3.8) is 0 Å². The van der Waals surface area contributed by atoms with Crippen LogP contribution in [0.5, 0.6) is 0 Å². The van der Waals surface area contributed by atoms with E-state index in [2.05, 4.69) is 15.3 Å². The number of benzene rings is 1. The molecule has 0 saturated heterocycles. The highest BCUT2D eigenvalue weighted by molar-refractivity contribution is 6.06. The topological polar surface area (TPSA) is 54.9 Å². The third-order valence-electron chi connectivity index (χ3n) is 4.87. The molecule has 1 aliphatic rings. The number of carbonyl (C=O) groups excluding carboxylic acids is 1. The van der Waals surface area contributed by atoms with Crippen molar-refractivity contribution in [2.45, 2.75) is 32.7 Å². The largest absolute Gasteiger partial charge is 0.343 e. The normalized spacial score (nSPS) is 15.0. The number of amides is 1. The van der Waals surface area contributed by atoms with E-state index in [4.69, 9.17) is 0 Å². The predicted octanol–water partition coefficient (Wildman–Crippen LogP) is 4.27. The highest BCUT2D eigenvalue weighted by Crippen LogP contribution is 2.41. The Morgan fingerprint density at radius 3 is 2.77 bits per heavy atom. The van der Waals surface area contributed by atoms with Crippen LogP contribution in [0.1, 0.15) is 46.2 Å². The molecule has 0 spiro atoms. The average molecular weight is 349 g/mol. The first-order valence-electron chi connectivity index (χ1n) is 8.82. The monoisotopic (exact) mass is 349 g/mol. The summed E-state index contributed by atoms with van der Waals surface area (Å²) in [5.74, 6) is -0.116. The second kappa shape index (κ2) is 6.48. The molecule has 1 aliphatic carbocycles. The molecule has 1 saturated carbocycles. The molecule has 3 aromatic rings. The summed E-state index contributed by atoms with van der Waals surface area (Å²) in [5, 5.41) is 3.82. The van der Waals surface area contributed by atoms with E-state index in [1.807, 2.05) is 26.0 Å². The zero-order chi connectivity index (χ0) is 18.3. The lowest BCUT2D eigenvalue weighted by Gasteiger charge is -2.20. The van der Waals surface area contributed by atoms with Crippen molar-refractivity contribution in [1.29, 1.82) is 0 Å². The number of halogens is 1. The minimum Gasteiger partial charge on any atom is -0.343 e. The van der Waals surface area contributed by atoms with E-state index >= 15 is 0 Å². The maximum atomic E-state index is 13.5. The van der Waals surface area contributed by atoms with Crippen molar-refractivity contribution in [2.24, 2.45) is 5.92 Å². The van der Waals surface area contributed by atoms with Gasteiger partial charge in [-0.05, 0) is 62.4 Å². The molecule has 1 aromatic carbocycles. The molecule has 0 bridgehead atoms. The van der Waals surface area contributed by atoms with Crippen molar-refractivity contribution < 1.29 is 9.18 Å². The number of pyridine rings is 2. The minimum atomic E-state index is -0.359. The lowest BCUT2D eigenvalue weighted by Crippen LogP contribution is -2.31. The van der Waals surface area contributed by atoms with Crippen molar-refractivity contribution in [2.75, 3.05) is 0 Å². The third-order valence-corrected chi connectivity index (χ3v) is 4.87. The van der Waals surface area contributed by atoms with Gasteiger partial charge in [0.1, 0.15) is 5.82 Å². The Balaban J connectivity index is 1.71. The predicted molar refractivity (Wildman–Crippen MR) is 98.3 cm³/mol. The smallest absolute Gasteiger partial charge is 0.252 e. The molecule has 2 aromatic heterocycles. The van der Waals surface area contributed by atoms with Gasteiger partial charge in [-0.3, -0.25) is 14.8 Å². The lowest BCUT2D eigenvalue weighted by atomic mass is 10.0. The van der Waals surface area contributed by atoms with E-state index in [0.717, 1.165) is 24.1 Å².